The van der Waals surface area contributed by atoms with Crippen LogP contribution in [-0.2, 0) is 12.7 Å². The number of phenols is 2. The van der Waals surface area contributed by atoms with Crippen molar-refractivity contribution in [2.45, 2.75) is 44.8 Å². The minimum atomic E-state index is -4.41. The summed E-state index contributed by atoms with van der Waals surface area (Å²) in [7, 11) is 0. The second-order valence-corrected chi connectivity index (χ2v) is 10.7. The Kier molecular flexibility index (Phi) is 12.4. The zero-order valence-corrected chi connectivity index (χ0v) is 24.6. The molecule has 0 unspecified atom stereocenters. The zero-order chi connectivity index (χ0) is 32.4. The molecule has 0 atom stereocenters. The van der Waals surface area contributed by atoms with Gasteiger partial charge in [0, 0.05) is 13.1 Å². The summed E-state index contributed by atoms with van der Waals surface area (Å²) < 4.78 is 89.5. The van der Waals surface area contributed by atoms with Crippen molar-refractivity contribution in [3.8, 4) is 11.5 Å². The smallest absolute Gasteiger partial charge is 0.416 e. The molecule has 1 fully saturated rings. The molecule has 15 heteroatoms. The van der Waals surface area contributed by atoms with E-state index in [-0.39, 0.29) is 23.0 Å². The Labute approximate surface area is 259 Å². The van der Waals surface area contributed by atoms with Crippen molar-refractivity contribution in [3.05, 3.63) is 82.9 Å². The Morgan fingerprint density at radius 2 is 1.18 bits per heavy atom. The van der Waals surface area contributed by atoms with E-state index < -0.39 is 46.5 Å². The van der Waals surface area contributed by atoms with Gasteiger partial charge >= 0.3 is 6.18 Å². The second-order valence-electron chi connectivity index (χ2n) is 9.86. The van der Waals surface area contributed by atoms with E-state index in [4.69, 9.17) is 24.4 Å². The van der Waals surface area contributed by atoms with Crippen LogP contribution in [0.4, 0.5) is 42.1 Å². The number of nitrogens with one attached hydrogen (secondary N) is 4. The van der Waals surface area contributed by atoms with Crippen molar-refractivity contribution in [1.82, 2.24) is 10.6 Å². The van der Waals surface area contributed by atoms with E-state index in [2.05, 4.69) is 21.3 Å². The number of rotatable bonds is 6. The van der Waals surface area contributed by atoms with Gasteiger partial charge in [-0.3, -0.25) is 0 Å². The van der Waals surface area contributed by atoms with Gasteiger partial charge < -0.3 is 31.5 Å². The molecule has 3 aromatic carbocycles. The third-order valence-corrected chi connectivity index (χ3v) is 7.14. The number of benzene rings is 3. The average Bonchev–Trinajstić information content (AvgIpc) is 3.00. The lowest BCUT2D eigenvalue weighted by molar-refractivity contribution is -0.137. The summed E-state index contributed by atoms with van der Waals surface area (Å²) in [6.07, 6.45) is 1.75. The second kappa shape index (κ2) is 15.7. The first kappa shape index (κ1) is 34.6. The predicted octanol–water partition coefficient (Wildman–Crippen LogP) is 7.71. The normalized spacial score (nSPS) is 13.3. The van der Waals surface area contributed by atoms with Crippen LogP contribution < -0.4 is 21.3 Å². The molecule has 0 aliphatic heterocycles. The molecule has 0 heterocycles. The molecule has 0 aromatic heterocycles. The molecule has 1 aliphatic rings. The number of hydrogen-bond donors (Lipinski definition) is 6. The Bertz CT molecular complexity index is 1450. The van der Waals surface area contributed by atoms with Crippen LogP contribution in [-0.4, -0.2) is 27.0 Å². The lowest BCUT2D eigenvalue weighted by Gasteiger charge is -2.22. The number of hydrogen-bond acceptors (Lipinski definition) is 4. The van der Waals surface area contributed by atoms with Gasteiger partial charge in [0.2, 0.25) is 11.6 Å². The van der Waals surface area contributed by atoms with E-state index in [0.717, 1.165) is 36.9 Å². The number of aromatic hydroxyl groups is 2. The SMILES string of the molecule is Oc1c(NC(=S)NCC2CCCCC2)ccc(F)c1F.Oc1c(NC(=S)NCc2ccc(C(F)(F)F)cc2)ccc(F)c1F. The van der Waals surface area contributed by atoms with Crippen molar-refractivity contribution in [2.75, 3.05) is 17.2 Å². The molecule has 44 heavy (non-hydrogen) atoms. The van der Waals surface area contributed by atoms with Crippen molar-refractivity contribution in [3.63, 3.8) is 0 Å². The van der Waals surface area contributed by atoms with Crippen molar-refractivity contribution < 1.29 is 40.9 Å². The fourth-order valence-corrected chi connectivity index (χ4v) is 4.61. The van der Waals surface area contributed by atoms with Crippen molar-refractivity contribution in [1.29, 1.82) is 0 Å². The monoisotopic (exact) mass is 662 g/mol. The predicted molar refractivity (Wildman–Crippen MR) is 161 cm³/mol. The fraction of sp³-hybridized carbons (Fsp3) is 0.310. The van der Waals surface area contributed by atoms with Crippen molar-refractivity contribution in [2.24, 2.45) is 5.92 Å². The molecular weight excluding hydrogens is 633 g/mol. The number of halogens is 7. The highest BCUT2D eigenvalue weighted by atomic mass is 32.1. The Morgan fingerprint density at radius 1 is 0.705 bits per heavy atom. The summed E-state index contributed by atoms with van der Waals surface area (Å²) in [5, 5.41) is 30.1. The Balaban J connectivity index is 0.000000244. The van der Waals surface area contributed by atoms with Crippen LogP contribution in [0.5, 0.6) is 11.5 Å². The van der Waals surface area contributed by atoms with Crippen LogP contribution in [0.1, 0.15) is 43.2 Å². The summed E-state index contributed by atoms with van der Waals surface area (Å²) in [5.41, 5.74) is -0.316. The summed E-state index contributed by atoms with van der Waals surface area (Å²) in [4.78, 5) is 0. The lowest BCUT2D eigenvalue weighted by atomic mass is 9.89. The third kappa shape index (κ3) is 10.1. The maximum absolute atomic E-state index is 13.2. The van der Waals surface area contributed by atoms with E-state index >= 15 is 0 Å². The molecule has 3 aromatic rings. The number of thiocarbonyl (C=S) groups is 2. The minimum Gasteiger partial charge on any atom is -0.503 e. The van der Waals surface area contributed by atoms with E-state index in [9.17, 15) is 40.9 Å². The first-order valence-electron chi connectivity index (χ1n) is 13.4. The van der Waals surface area contributed by atoms with E-state index in [0.29, 0.717) is 16.6 Å². The third-order valence-electron chi connectivity index (χ3n) is 6.64. The van der Waals surface area contributed by atoms with Gasteiger partial charge in [0.05, 0.1) is 16.9 Å². The van der Waals surface area contributed by atoms with E-state index in [1.807, 2.05) is 0 Å². The highest BCUT2D eigenvalue weighted by Crippen LogP contribution is 2.30. The molecule has 1 saturated carbocycles. The lowest BCUT2D eigenvalue weighted by Crippen LogP contribution is -2.33. The van der Waals surface area contributed by atoms with Gasteiger partial charge in [-0.25, -0.2) is 8.78 Å². The maximum atomic E-state index is 13.2. The standard InChI is InChI=1S/C15H11F5N2OS.C14H18F2N2OS/c16-10-5-6-11(13(23)12(10)17)22-14(24)21-7-8-1-3-9(4-2-8)15(18,19)20;15-10-6-7-11(13(19)12(10)16)18-14(20)17-8-9-4-2-1-3-5-9/h1-6,23H,7H2,(H2,21,22,24);6-7,9,19H,1-5,8H2,(H2,17,18,20). The molecule has 0 amide bonds. The number of anilines is 2. The summed E-state index contributed by atoms with van der Waals surface area (Å²) in [5.74, 6) is -6.06. The topological polar surface area (TPSA) is 88.6 Å². The van der Waals surface area contributed by atoms with Crippen LogP contribution in [0, 0.1) is 29.2 Å². The Hall–Kier alpha value is -3.85. The zero-order valence-electron chi connectivity index (χ0n) is 23.0. The van der Waals surface area contributed by atoms with Gasteiger partial charge in [-0.05, 0) is 85.2 Å². The molecule has 0 spiro atoms. The van der Waals surface area contributed by atoms with Crippen LogP contribution in [0.2, 0.25) is 0 Å². The molecular formula is C29H29F7N4O2S2. The highest BCUT2D eigenvalue weighted by molar-refractivity contribution is 7.80. The maximum Gasteiger partial charge on any atom is 0.416 e. The van der Waals surface area contributed by atoms with E-state index in [1.165, 1.54) is 50.3 Å². The molecule has 6 nitrogen and oxygen atoms in total. The van der Waals surface area contributed by atoms with E-state index in [1.54, 1.807) is 0 Å². The van der Waals surface area contributed by atoms with Gasteiger partial charge in [0.25, 0.3) is 0 Å². The quantitative estimate of drug-likeness (QED) is 0.0910. The molecule has 238 valence electrons. The fourth-order valence-electron chi connectivity index (χ4n) is 4.24. The van der Waals surface area contributed by atoms with Crippen molar-refractivity contribution >= 4 is 46.0 Å². The molecule has 0 radical (unpaired) electrons. The van der Waals surface area contributed by atoms with Gasteiger partial charge in [-0.1, -0.05) is 31.4 Å². The summed E-state index contributed by atoms with van der Waals surface area (Å²) in [6.45, 7) is 0.866. The van der Waals surface area contributed by atoms with Crippen LogP contribution in [0.3, 0.4) is 0 Å². The first-order valence-corrected chi connectivity index (χ1v) is 14.2. The minimum absolute atomic E-state index is 0.0174. The van der Waals surface area contributed by atoms with Crippen LogP contribution >= 0.6 is 24.4 Å². The molecule has 6 N–H and O–H groups in total. The Morgan fingerprint density at radius 3 is 1.66 bits per heavy atom. The van der Waals surface area contributed by atoms with Crippen LogP contribution in [0.25, 0.3) is 0 Å². The molecule has 1 aliphatic carbocycles. The molecule has 0 bridgehead atoms. The summed E-state index contributed by atoms with van der Waals surface area (Å²) in [6, 6.07) is 8.56. The number of alkyl halides is 3. The largest absolute Gasteiger partial charge is 0.503 e. The molecule has 0 saturated heterocycles. The van der Waals surface area contributed by atoms with Gasteiger partial charge in [-0.2, -0.15) is 22.0 Å². The van der Waals surface area contributed by atoms with Gasteiger partial charge in [0.15, 0.2) is 33.4 Å². The summed E-state index contributed by atoms with van der Waals surface area (Å²) >= 11 is 10.0. The first-order chi connectivity index (χ1) is 20.8. The van der Waals surface area contributed by atoms with Crippen LogP contribution in [0.15, 0.2) is 48.5 Å². The van der Waals surface area contributed by atoms with Gasteiger partial charge in [-0.15, -0.1) is 0 Å². The number of phenolic OH excluding ortho intramolecular Hbond substituents is 2. The average molecular weight is 663 g/mol. The van der Waals surface area contributed by atoms with Gasteiger partial charge in [0.1, 0.15) is 0 Å². The highest BCUT2D eigenvalue weighted by Gasteiger charge is 2.29. The molecule has 4 rings (SSSR count).